The van der Waals surface area contributed by atoms with E-state index in [9.17, 15) is 22.4 Å². The minimum Gasteiger partial charge on any atom is -0.358 e. The average molecular weight is 314 g/mol. The van der Waals surface area contributed by atoms with Gasteiger partial charge < -0.3 is 10.3 Å². The molecule has 1 aromatic carbocycles. The Morgan fingerprint density at radius 3 is 2.32 bits per heavy atom. The number of aromatic nitrogens is 1. The SMILES string of the molecule is O=C(NC1CCCCC1)c1c[nH]c2c(F)c(F)c(F)c(F)c12. The first kappa shape index (κ1) is 14.9. The molecule has 1 saturated carbocycles. The third kappa shape index (κ3) is 2.34. The molecular formula is C15H14F4N2O. The Morgan fingerprint density at radius 2 is 1.64 bits per heavy atom. The minimum absolute atomic E-state index is 0.0376. The highest BCUT2D eigenvalue weighted by molar-refractivity contribution is 6.07. The third-order valence-corrected chi connectivity index (χ3v) is 4.08. The molecule has 1 aliphatic carbocycles. The predicted octanol–water partition coefficient (Wildman–Crippen LogP) is 3.79. The highest BCUT2D eigenvalue weighted by Gasteiger charge is 2.27. The van der Waals surface area contributed by atoms with Gasteiger partial charge in [-0.1, -0.05) is 19.3 Å². The molecular weight excluding hydrogens is 300 g/mol. The molecule has 2 N–H and O–H groups in total. The zero-order valence-corrected chi connectivity index (χ0v) is 11.6. The summed E-state index contributed by atoms with van der Waals surface area (Å²) in [7, 11) is 0. The molecule has 118 valence electrons. The van der Waals surface area contributed by atoms with Crippen molar-refractivity contribution in [1.82, 2.24) is 10.3 Å². The van der Waals surface area contributed by atoms with E-state index in [1.54, 1.807) is 0 Å². The molecule has 1 aromatic heterocycles. The van der Waals surface area contributed by atoms with Crippen LogP contribution < -0.4 is 5.32 Å². The lowest BCUT2D eigenvalue weighted by Crippen LogP contribution is -2.36. The lowest BCUT2D eigenvalue weighted by Gasteiger charge is -2.22. The molecule has 3 nitrogen and oxygen atoms in total. The summed E-state index contributed by atoms with van der Waals surface area (Å²) in [5, 5.41) is 2.16. The molecule has 0 bridgehead atoms. The van der Waals surface area contributed by atoms with Crippen molar-refractivity contribution in [2.75, 3.05) is 0 Å². The van der Waals surface area contributed by atoms with Crippen molar-refractivity contribution in [3.05, 3.63) is 35.0 Å². The van der Waals surface area contributed by atoms with Crippen molar-refractivity contribution >= 4 is 16.8 Å². The number of nitrogens with one attached hydrogen (secondary N) is 2. The van der Waals surface area contributed by atoms with Crippen LogP contribution in [0.3, 0.4) is 0 Å². The number of hydrogen-bond acceptors (Lipinski definition) is 1. The van der Waals surface area contributed by atoms with E-state index in [1.807, 2.05) is 0 Å². The second-order valence-corrected chi connectivity index (χ2v) is 5.52. The molecule has 3 rings (SSSR count). The number of fused-ring (bicyclic) bond motifs is 1. The van der Waals surface area contributed by atoms with Gasteiger partial charge in [-0.25, -0.2) is 17.6 Å². The van der Waals surface area contributed by atoms with Gasteiger partial charge in [-0.05, 0) is 12.8 Å². The number of benzene rings is 1. The Kier molecular flexibility index (Phi) is 3.80. The molecule has 1 aliphatic rings. The van der Waals surface area contributed by atoms with Gasteiger partial charge in [0.25, 0.3) is 5.91 Å². The molecule has 22 heavy (non-hydrogen) atoms. The molecule has 7 heteroatoms. The van der Waals surface area contributed by atoms with Crippen molar-refractivity contribution in [2.45, 2.75) is 38.1 Å². The molecule has 0 spiro atoms. The van der Waals surface area contributed by atoms with Gasteiger partial charge in [0.2, 0.25) is 0 Å². The summed E-state index contributed by atoms with van der Waals surface area (Å²) in [6, 6.07) is -0.0376. The lowest BCUT2D eigenvalue weighted by molar-refractivity contribution is 0.0929. The second-order valence-electron chi connectivity index (χ2n) is 5.52. The van der Waals surface area contributed by atoms with E-state index in [0.717, 1.165) is 38.3 Å². The van der Waals surface area contributed by atoms with Crippen LogP contribution >= 0.6 is 0 Å². The standard InChI is InChI=1S/C15H14F4N2O/c16-10-9-8(15(22)21-7-4-2-1-3-5-7)6-20-14(9)13(19)12(18)11(10)17/h6-7,20H,1-5H2,(H,21,22). The Hall–Kier alpha value is -2.05. The van der Waals surface area contributed by atoms with Crippen molar-refractivity contribution in [1.29, 1.82) is 0 Å². The first-order valence-corrected chi connectivity index (χ1v) is 7.14. The number of carbonyl (C=O) groups is 1. The van der Waals surface area contributed by atoms with Crippen LogP contribution in [0.4, 0.5) is 17.6 Å². The third-order valence-electron chi connectivity index (χ3n) is 4.08. The van der Waals surface area contributed by atoms with Gasteiger partial charge in [0, 0.05) is 12.2 Å². The van der Waals surface area contributed by atoms with E-state index in [4.69, 9.17) is 0 Å². The Bertz CT molecular complexity index is 735. The second kappa shape index (κ2) is 5.62. The largest absolute Gasteiger partial charge is 0.358 e. The van der Waals surface area contributed by atoms with E-state index in [1.165, 1.54) is 0 Å². The van der Waals surface area contributed by atoms with Crippen LogP contribution in [0.2, 0.25) is 0 Å². The number of aromatic amines is 1. The highest BCUT2D eigenvalue weighted by Crippen LogP contribution is 2.29. The number of hydrogen-bond donors (Lipinski definition) is 2. The minimum atomic E-state index is -1.92. The topological polar surface area (TPSA) is 44.9 Å². The average Bonchev–Trinajstić information content (AvgIpc) is 2.97. The molecule has 0 atom stereocenters. The molecule has 0 saturated heterocycles. The first-order valence-electron chi connectivity index (χ1n) is 7.14. The first-order chi connectivity index (χ1) is 10.5. The highest BCUT2D eigenvalue weighted by atomic mass is 19.2. The van der Waals surface area contributed by atoms with Gasteiger partial charge >= 0.3 is 0 Å². The summed E-state index contributed by atoms with van der Waals surface area (Å²) in [6.07, 6.45) is 5.77. The Morgan fingerprint density at radius 1 is 1.00 bits per heavy atom. The van der Waals surface area contributed by atoms with Gasteiger partial charge in [0.1, 0.15) is 0 Å². The fourth-order valence-electron chi connectivity index (χ4n) is 2.93. The smallest absolute Gasteiger partial charge is 0.253 e. The monoisotopic (exact) mass is 314 g/mol. The molecule has 1 amide bonds. The zero-order chi connectivity index (χ0) is 15.9. The van der Waals surface area contributed by atoms with Gasteiger partial charge in [0.05, 0.1) is 16.5 Å². The summed E-state index contributed by atoms with van der Waals surface area (Å²) in [5.41, 5.74) is -0.777. The number of halogens is 4. The van der Waals surface area contributed by atoms with Crippen LogP contribution in [0, 0.1) is 23.3 Å². The van der Waals surface area contributed by atoms with Crippen molar-refractivity contribution < 1.29 is 22.4 Å². The Labute approximate surface area is 123 Å². The Balaban J connectivity index is 1.99. The number of amides is 1. The van der Waals surface area contributed by atoms with Crippen LogP contribution in [-0.2, 0) is 0 Å². The molecule has 1 fully saturated rings. The molecule has 0 radical (unpaired) electrons. The molecule has 2 aromatic rings. The van der Waals surface area contributed by atoms with Gasteiger partial charge in [-0.3, -0.25) is 4.79 Å². The van der Waals surface area contributed by atoms with Crippen LogP contribution in [0.25, 0.3) is 10.9 Å². The van der Waals surface area contributed by atoms with Gasteiger partial charge in [0.15, 0.2) is 23.3 Å². The number of rotatable bonds is 2. The fraction of sp³-hybridized carbons (Fsp3) is 0.400. The van der Waals surface area contributed by atoms with E-state index in [2.05, 4.69) is 10.3 Å². The van der Waals surface area contributed by atoms with Crippen molar-refractivity contribution in [3.8, 4) is 0 Å². The number of carbonyl (C=O) groups excluding carboxylic acids is 1. The molecule has 1 heterocycles. The van der Waals surface area contributed by atoms with Gasteiger partial charge in [-0.15, -0.1) is 0 Å². The lowest BCUT2D eigenvalue weighted by atomic mass is 9.95. The zero-order valence-electron chi connectivity index (χ0n) is 11.6. The predicted molar refractivity (Wildman–Crippen MR) is 72.5 cm³/mol. The summed E-state index contributed by atoms with van der Waals surface area (Å²) < 4.78 is 54.1. The van der Waals surface area contributed by atoms with Crippen molar-refractivity contribution in [2.24, 2.45) is 0 Å². The summed E-state index contributed by atoms with van der Waals surface area (Å²) in [4.78, 5) is 14.5. The quantitative estimate of drug-likeness (QED) is 0.494. The maximum Gasteiger partial charge on any atom is 0.253 e. The van der Waals surface area contributed by atoms with Crippen LogP contribution in [0.15, 0.2) is 6.20 Å². The van der Waals surface area contributed by atoms with E-state index in [0.29, 0.717) is 0 Å². The van der Waals surface area contributed by atoms with Crippen LogP contribution in [0.1, 0.15) is 42.5 Å². The van der Waals surface area contributed by atoms with Gasteiger partial charge in [-0.2, -0.15) is 0 Å². The normalized spacial score (nSPS) is 16.2. The maximum atomic E-state index is 13.9. The maximum absolute atomic E-state index is 13.9. The number of H-pyrrole nitrogens is 1. The van der Waals surface area contributed by atoms with Crippen molar-refractivity contribution in [3.63, 3.8) is 0 Å². The molecule has 0 unspecified atom stereocenters. The van der Waals surface area contributed by atoms with Crippen LogP contribution in [-0.4, -0.2) is 16.9 Å². The summed E-state index contributed by atoms with van der Waals surface area (Å²) in [5.74, 6) is -7.54. The summed E-state index contributed by atoms with van der Waals surface area (Å²) >= 11 is 0. The van der Waals surface area contributed by atoms with E-state index < -0.39 is 40.1 Å². The summed E-state index contributed by atoms with van der Waals surface area (Å²) in [6.45, 7) is 0. The molecule has 0 aliphatic heterocycles. The van der Waals surface area contributed by atoms with Crippen LogP contribution in [0.5, 0.6) is 0 Å². The van der Waals surface area contributed by atoms with E-state index >= 15 is 0 Å². The fourth-order valence-corrected chi connectivity index (χ4v) is 2.93. The van der Waals surface area contributed by atoms with E-state index in [-0.39, 0.29) is 11.6 Å².